The highest BCUT2D eigenvalue weighted by molar-refractivity contribution is 9.10. The molecule has 0 unspecified atom stereocenters. The fourth-order valence-electron chi connectivity index (χ4n) is 1.85. The Morgan fingerprint density at radius 2 is 2.25 bits per heavy atom. The van der Waals surface area contributed by atoms with Crippen LogP contribution >= 0.6 is 15.9 Å². The van der Waals surface area contributed by atoms with Gasteiger partial charge in [-0.15, -0.1) is 5.10 Å². The largest absolute Gasteiger partial charge is 0.297 e. The summed E-state index contributed by atoms with van der Waals surface area (Å²) in [5.41, 5.74) is 1.90. The SMILES string of the molecule is O=C1Cc2ccc(Br)cc2-c2nnnn2C1. The zero-order valence-electron chi connectivity index (χ0n) is 8.22. The Bertz CT molecular complexity index is 578. The lowest BCUT2D eigenvalue weighted by atomic mass is 10.0. The number of Topliss-reactive ketones (excluding diaryl/α,β-unsaturated/α-hetero) is 1. The van der Waals surface area contributed by atoms with E-state index in [1.807, 2.05) is 18.2 Å². The fraction of sp³-hybridized carbons (Fsp3) is 0.200. The summed E-state index contributed by atoms with van der Waals surface area (Å²) in [6.45, 7) is 0.245. The van der Waals surface area contributed by atoms with Crippen molar-refractivity contribution in [1.29, 1.82) is 0 Å². The number of nitrogens with zero attached hydrogens (tertiary/aromatic N) is 4. The summed E-state index contributed by atoms with van der Waals surface area (Å²) < 4.78 is 2.50. The third-order valence-corrected chi connectivity index (χ3v) is 3.05. The molecule has 0 N–H and O–H groups in total. The van der Waals surface area contributed by atoms with E-state index >= 15 is 0 Å². The molecule has 0 radical (unpaired) electrons. The average molecular weight is 279 g/mol. The van der Waals surface area contributed by atoms with Gasteiger partial charge < -0.3 is 0 Å². The first-order valence-electron chi connectivity index (χ1n) is 4.81. The third-order valence-electron chi connectivity index (χ3n) is 2.56. The second kappa shape index (κ2) is 3.48. The Kier molecular flexibility index (Phi) is 2.10. The van der Waals surface area contributed by atoms with Gasteiger partial charge in [0, 0.05) is 16.5 Å². The quantitative estimate of drug-likeness (QED) is 0.727. The summed E-state index contributed by atoms with van der Waals surface area (Å²) in [7, 11) is 0. The molecule has 2 heterocycles. The monoisotopic (exact) mass is 278 g/mol. The van der Waals surface area contributed by atoms with E-state index in [0.717, 1.165) is 15.6 Å². The summed E-state index contributed by atoms with van der Waals surface area (Å²) in [5, 5.41) is 11.4. The molecule has 1 aromatic heterocycles. The predicted molar refractivity (Wildman–Crippen MR) is 59.7 cm³/mol. The molecule has 1 aromatic carbocycles. The van der Waals surface area contributed by atoms with Crippen molar-refractivity contribution >= 4 is 21.7 Å². The number of hydrogen-bond acceptors (Lipinski definition) is 4. The van der Waals surface area contributed by atoms with Gasteiger partial charge in [-0.2, -0.15) is 0 Å². The number of tetrazole rings is 1. The van der Waals surface area contributed by atoms with Crippen LogP contribution in [0.5, 0.6) is 0 Å². The molecule has 6 heteroatoms. The van der Waals surface area contributed by atoms with Crippen LogP contribution in [0, 0.1) is 0 Å². The van der Waals surface area contributed by atoms with E-state index < -0.39 is 0 Å². The molecule has 5 nitrogen and oxygen atoms in total. The number of carbonyl (C=O) groups excluding carboxylic acids is 1. The molecule has 0 saturated carbocycles. The van der Waals surface area contributed by atoms with Crippen molar-refractivity contribution in [3.05, 3.63) is 28.2 Å². The standard InChI is InChI=1S/C10H7BrN4O/c11-7-2-1-6-3-8(16)5-15-10(9(6)4-7)12-13-14-15/h1-2,4H,3,5H2. The van der Waals surface area contributed by atoms with Gasteiger partial charge in [0.15, 0.2) is 11.6 Å². The summed E-state index contributed by atoms with van der Waals surface area (Å²) >= 11 is 3.41. The minimum absolute atomic E-state index is 0.120. The van der Waals surface area contributed by atoms with Gasteiger partial charge in [0.2, 0.25) is 0 Å². The topological polar surface area (TPSA) is 60.7 Å². The van der Waals surface area contributed by atoms with Crippen LogP contribution < -0.4 is 0 Å². The second-order valence-corrected chi connectivity index (χ2v) is 4.59. The van der Waals surface area contributed by atoms with E-state index in [4.69, 9.17) is 0 Å². The minimum atomic E-state index is 0.120. The van der Waals surface area contributed by atoms with Crippen LogP contribution in [0.15, 0.2) is 22.7 Å². The molecule has 0 spiro atoms. The number of carbonyl (C=O) groups is 1. The van der Waals surface area contributed by atoms with Crippen LogP contribution in [-0.4, -0.2) is 26.0 Å². The van der Waals surface area contributed by atoms with E-state index in [-0.39, 0.29) is 12.3 Å². The Hall–Kier alpha value is -1.56. The first-order chi connectivity index (χ1) is 7.74. The van der Waals surface area contributed by atoms with Crippen LogP contribution in [0.1, 0.15) is 5.56 Å². The first kappa shape index (κ1) is 9.65. The van der Waals surface area contributed by atoms with Gasteiger partial charge in [-0.3, -0.25) is 4.79 Å². The Labute approximate surface area is 99.6 Å². The molecule has 2 aromatic rings. The van der Waals surface area contributed by atoms with Gasteiger partial charge in [-0.1, -0.05) is 22.0 Å². The van der Waals surface area contributed by atoms with Gasteiger partial charge in [0.05, 0.1) is 0 Å². The van der Waals surface area contributed by atoms with Crippen LogP contribution in [-0.2, 0) is 17.8 Å². The summed E-state index contributed by atoms with van der Waals surface area (Å²) in [6.07, 6.45) is 0.424. The van der Waals surface area contributed by atoms with Crippen LogP contribution in [0.4, 0.5) is 0 Å². The number of halogens is 1. The van der Waals surface area contributed by atoms with Gasteiger partial charge in [0.1, 0.15) is 6.54 Å². The number of rotatable bonds is 0. The van der Waals surface area contributed by atoms with Gasteiger partial charge in [-0.25, -0.2) is 4.68 Å². The zero-order chi connectivity index (χ0) is 11.1. The first-order valence-corrected chi connectivity index (χ1v) is 5.60. The predicted octanol–water partition coefficient (Wildman–Crippen LogP) is 1.23. The Morgan fingerprint density at radius 1 is 1.38 bits per heavy atom. The number of hydrogen-bond donors (Lipinski definition) is 0. The molecule has 0 atom stereocenters. The number of ketones is 1. The van der Waals surface area contributed by atoms with Crippen molar-refractivity contribution in [2.24, 2.45) is 0 Å². The number of fused-ring (bicyclic) bond motifs is 3. The second-order valence-electron chi connectivity index (χ2n) is 3.68. The molecule has 0 aliphatic carbocycles. The average Bonchev–Trinajstić information content (AvgIpc) is 2.64. The van der Waals surface area contributed by atoms with E-state index in [0.29, 0.717) is 12.2 Å². The van der Waals surface area contributed by atoms with E-state index in [9.17, 15) is 4.79 Å². The molecular weight excluding hydrogens is 272 g/mol. The van der Waals surface area contributed by atoms with Gasteiger partial charge in [-0.05, 0) is 28.1 Å². The van der Waals surface area contributed by atoms with Crippen molar-refractivity contribution in [3.8, 4) is 11.4 Å². The molecule has 0 saturated heterocycles. The fourth-order valence-corrected chi connectivity index (χ4v) is 2.21. The maximum atomic E-state index is 11.7. The van der Waals surface area contributed by atoms with Crippen LogP contribution in [0.3, 0.4) is 0 Å². The van der Waals surface area contributed by atoms with E-state index in [2.05, 4.69) is 31.5 Å². The van der Waals surface area contributed by atoms with Crippen LogP contribution in [0.2, 0.25) is 0 Å². The molecule has 0 bridgehead atoms. The lowest BCUT2D eigenvalue weighted by Gasteiger charge is -2.03. The summed E-state index contributed by atoms with van der Waals surface area (Å²) in [4.78, 5) is 11.7. The molecule has 3 rings (SSSR count). The Morgan fingerprint density at radius 3 is 3.12 bits per heavy atom. The van der Waals surface area contributed by atoms with Crippen molar-refractivity contribution in [3.63, 3.8) is 0 Å². The van der Waals surface area contributed by atoms with Crippen LogP contribution in [0.25, 0.3) is 11.4 Å². The van der Waals surface area contributed by atoms with Crippen molar-refractivity contribution < 1.29 is 4.79 Å². The van der Waals surface area contributed by atoms with Crippen molar-refractivity contribution in [1.82, 2.24) is 20.2 Å². The molecular formula is C10H7BrN4O. The maximum absolute atomic E-state index is 11.7. The molecule has 0 amide bonds. The summed E-state index contributed by atoms with van der Waals surface area (Å²) in [5.74, 6) is 0.775. The van der Waals surface area contributed by atoms with Crippen molar-refractivity contribution in [2.45, 2.75) is 13.0 Å². The third kappa shape index (κ3) is 1.46. The molecule has 16 heavy (non-hydrogen) atoms. The number of benzene rings is 1. The normalized spacial score (nSPS) is 14.2. The lowest BCUT2D eigenvalue weighted by Crippen LogP contribution is -2.11. The summed E-state index contributed by atoms with van der Waals surface area (Å²) in [6, 6.07) is 5.79. The highest BCUT2D eigenvalue weighted by Crippen LogP contribution is 2.27. The Balaban J connectivity index is 2.29. The van der Waals surface area contributed by atoms with E-state index in [1.165, 1.54) is 0 Å². The molecule has 1 aliphatic heterocycles. The highest BCUT2D eigenvalue weighted by Gasteiger charge is 2.21. The van der Waals surface area contributed by atoms with Crippen molar-refractivity contribution in [2.75, 3.05) is 0 Å². The molecule has 80 valence electrons. The lowest BCUT2D eigenvalue weighted by molar-refractivity contribution is -0.119. The molecule has 1 aliphatic rings. The maximum Gasteiger partial charge on any atom is 0.182 e. The zero-order valence-corrected chi connectivity index (χ0v) is 9.81. The number of aromatic nitrogens is 4. The highest BCUT2D eigenvalue weighted by atomic mass is 79.9. The molecule has 0 fully saturated rings. The van der Waals surface area contributed by atoms with Gasteiger partial charge in [0.25, 0.3) is 0 Å². The minimum Gasteiger partial charge on any atom is -0.297 e. The van der Waals surface area contributed by atoms with Gasteiger partial charge >= 0.3 is 0 Å². The smallest absolute Gasteiger partial charge is 0.182 e. The van der Waals surface area contributed by atoms with E-state index in [1.54, 1.807) is 4.68 Å².